The number of aliphatic carboxylic acids is 1. The number of hydrogen-bond acceptors (Lipinski definition) is 5. The quantitative estimate of drug-likeness (QED) is 0.159. The summed E-state index contributed by atoms with van der Waals surface area (Å²) in [4.78, 5) is 23.7. The lowest BCUT2D eigenvalue weighted by Gasteiger charge is -2.14. The van der Waals surface area contributed by atoms with E-state index in [2.05, 4.69) is 17.4 Å². The average molecular weight is 585 g/mol. The largest absolute Gasteiger partial charge is 0.493 e. The Kier molecular flexibility index (Phi) is 10.3. The average Bonchev–Trinajstić information content (AvgIpc) is 3.29. The summed E-state index contributed by atoms with van der Waals surface area (Å²) >= 11 is 13.2. The second-order valence-electron chi connectivity index (χ2n) is 8.69. The van der Waals surface area contributed by atoms with Gasteiger partial charge < -0.3 is 19.9 Å². The molecule has 3 aromatic carbocycles. The molecule has 1 heterocycles. The molecule has 0 aliphatic rings. The summed E-state index contributed by atoms with van der Waals surface area (Å²) in [6, 6.07) is 25.1. The molecular weight excluding hydrogens is 557 g/mol. The molecule has 6 nitrogen and oxygen atoms in total. The molecule has 39 heavy (non-hydrogen) atoms. The van der Waals surface area contributed by atoms with Crippen LogP contribution in [0.4, 0.5) is 0 Å². The van der Waals surface area contributed by atoms with Gasteiger partial charge in [-0.15, -0.1) is 11.3 Å². The van der Waals surface area contributed by atoms with Crippen LogP contribution in [0.1, 0.15) is 34.3 Å². The maximum absolute atomic E-state index is 12.6. The molecule has 0 atom stereocenters. The monoisotopic (exact) mass is 583 g/mol. The highest BCUT2D eigenvalue weighted by atomic mass is 35.5. The first-order chi connectivity index (χ1) is 18.9. The summed E-state index contributed by atoms with van der Waals surface area (Å²) in [6.45, 7) is 1.12. The van der Waals surface area contributed by atoms with Gasteiger partial charge in [-0.1, -0.05) is 71.7 Å². The Morgan fingerprint density at radius 3 is 2.15 bits per heavy atom. The van der Waals surface area contributed by atoms with Crippen molar-refractivity contribution in [3.05, 3.63) is 104 Å². The lowest BCUT2D eigenvalue weighted by Crippen LogP contribution is -2.23. The van der Waals surface area contributed by atoms with Gasteiger partial charge >= 0.3 is 5.97 Å². The molecule has 0 saturated heterocycles. The van der Waals surface area contributed by atoms with Gasteiger partial charge in [0.05, 0.1) is 23.1 Å². The molecule has 0 saturated carbocycles. The number of halogens is 2. The van der Waals surface area contributed by atoms with Crippen molar-refractivity contribution in [1.29, 1.82) is 0 Å². The molecule has 0 unspecified atom stereocenters. The smallest absolute Gasteiger partial charge is 0.303 e. The van der Waals surface area contributed by atoms with E-state index in [1.165, 1.54) is 6.07 Å². The van der Waals surface area contributed by atoms with Crippen LogP contribution in [-0.2, 0) is 17.8 Å². The van der Waals surface area contributed by atoms with E-state index in [1.807, 2.05) is 54.6 Å². The molecule has 0 fully saturated rings. The molecule has 0 aliphatic heterocycles. The van der Waals surface area contributed by atoms with E-state index >= 15 is 0 Å². The van der Waals surface area contributed by atoms with Crippen LogP contribution >= 0.6 is 34.5 Å². The number of amides is 1. The van der Waals surface area contributed by atoms with Crippen LogP contribution in [0, 0.1) is 0 Å². The van der Waals surface area contributed by atoms with E-state index < -0.39 is 5.97 Å². The van der Waals surface area contributed by atoms with E-state index in [0.717, 1.165) is 39.3 Å². The van der Waals surface area contributed by atoms with Crippen molar-refractivity contribution < 1.29 is 24.2 Å². The highest BCUT2D eigenvalue weighted by Gasteiger charge is 2.15. The van der Waals surface area contributed by atoms with Gasteiger partial charge in [-0.2, -0.15) is 0 Å². The van der Waals surface area contributed by atoms with Crippen LogP contribution in [0.15, 0.2) is 78.9 Å². The second-order valence-corrected chi connectivity index (χ2v) is 11.0. The summed E-state index contributed by atoms with van der Waals surface area (Å²) in [7, 11) is 0. The van der Waals surface area contributed by atoms with E-state index in [4.69, 9.17) is 37.8 Å². The third-order valence-electron chi connectivity index (χ3n) is 5.91. The SMILES string of the molecule is O=C(O)CCc1ccc(OCCCOc2ccc(-c3ccccc3)cc2)cc1CNC(=O)c1cc(Cl)sc1Cl. The number of carboxylic acids is 1. The number of aryl methyl sites for hydroxylation is 1. The number of rotatable bonds is 13. The third kappa shape index (κ3) is 8.48. The number of carbonyl (C=O) groups excluding carboxylic acids is 1. The normalized spacial score (nSPS) is 10.7. The number of thiophene rings is 1. The van der Waals surface area contributed by atoms with E-state index in [0.29, 0.717) is 46.0 Å². The van der Waals surface area contributed by atoms with Crippen LogP contribution in [0.25, 0.3) is 11.1 Å². The zero-order chi connectivity index (χ0) is 27.6. The standard InChI is InChI=1S/C30H27Cl2NO5S/c31-27-18-26(29(32)39-27)30(36)33-19-23-17-25(13-9-22(23)10-14-28(34)35)38-16-4-15-37-24-11-7-21(8-12-24)20-5-2-1-3-6-20/h1-3,5-9,11-13,17-18H,4,10,14-16,19H2,(H,33,36)(H,34,35). The van der Waals surface area contributed by atoms with Gasteiger partial charge in [-0.3, -0.25) is 9.59 Å². The Morgan fingerprint density at radius 1 is 0.821 bits per heavy atom. The fraction of sp³-hybridized carbons (Fsp3) is 0.200. The van der Waals surface area contributed by atoms with Crippen molar-refractivity contribution in [2.45, 2.75) is 25.8 Å². The van der Waals surface area contributed by atoms with Crippen molar-refractivity contribution >= 4 is 46.4 Å². The Morgan fingerprint density at radius 2 is 1.49 bits per heavy atom. The molecule has 202 valence electrons. The summed E-state index contributed by atoms with van der Waals surface area (Å²) < 4.78 is 12.5. The maximum Gasteiger partial charge on any atom is 0.303 e. The predicted octanol–water partition coefficient (Wildman–Crippen LogP) is 7.52. The van der Waals surface area contributed by atoms with Crippen LogP contribution in [0.2, 0.25) is 8.67 Å². The topological polar surface area (TPSA) is 84.9 Å². The summed E-state index contributed by atoms with van der Waals surface area (Å²) in [5.74, 6) is 0.178. The summed E-state index contributed by atoms with van der Waals surface area (Å²) in [5, 5.41) is 11.9. The van der Waals surface area contributed by atoms with Crippen LogP contribution in [-0.4, -0.2) is 30.2 Å². The van der Waals surface area contributed by atoms with Crippen LogP contribution in [0.3, 0.4) is 0 Å². The molecule has 0 spiro atoms. The number of carbonyl (C=O) groups is 2. The van der Waals surface area contributed by atoms with Gasteiger partial charge in [-0.05, 0) is 59.0 Å². The zero-order valence-electron chi connectivity index (χ0n) is 21.0. The molecule has 0 radical (unpaired) electrons. The number of carboxylic acid groups (broad SMARTS) is 1. The third-order valence-corrected chi connectivity index (χ3v) is 7.40. The molecule has 4 aromatic rings. The predicted molar refractivity (Wildman–Crippen MR) is 155 cm³/mol. The van der Waals surface area contributed by atoms with Crippen molar-refractivity contribution in [1.82, 2.24) is 5.32 Å². The first kappa shape index (κ1) is 28.5. The first-order valence-electron chi connectivity index (χ1n) is 12.4. The highest BCUT2D eigenvalue weighted by Crippen LogP contribution is 2.31. The van der Waals surface area contributed by atoms with E-state index in [-0.39, 0.29) is 18.9 Å². The van der Waals surface area contributed by atoms with Gasteiger partial charge in [0.15, 0.2) is 0 Å². The molecule has 2 N–H and O–H groups in total. The van der Waals surface area contributed by atoms with Gasteiger partial charge in [0.25, 0.3) is 5.91 Å². The highest BCUT2D eigenvalue weighted by molar-refractivity contribution is 7.20. The fourth-order valence-corrected chi connectivity index (χ4v) is 5.38. The van der Waals surface area contributed by atoms with Gasteiger partial charge in [0, 0.05) is 19.4 Å². The second kappa shape index (κ2) is 14.0. The van der Waals surface area contributed by atoms with Crippen molar-refractivity contribution in [2.75, 3.05) is 13.2 Å². The number of ether oxygens (including phenoxy) is 2. The Labute approximate surface area is 241 Å². The lowest BCUT2D eigenvalue weighted by molar-refractivity contribution is -0.136. The molecule has 0 aliphatic carbocycles. The molecule has 0 bridgehead atoms. The van der Waals surface area contributed by atoms with E-state index in [9.17, 15) is 9.59 Å². The maximum atomic E-state index is 12.6. The first-order valence-corrected chi connectivity index (χ1v) is 13.9. The molecule has 9 heteroatoms. The Balaban J connectivity index is 1.29. The lowest BCUT2D eigenvalue weighted by atomic mass is 10.0. The minimum Gasteiger partial charge on any atom is -0.493 e. The molecule has 1 aromatic heterocycles. The zero-order valence-corrected chi connectivity index (χ0v) is 23.3. The Bertz CT molecular complexity index is 1410. The van der Waals surface area contributed by atoms with Gasteiger partial charge in [0.1, 0.15) is 15.8 Å². The summed E-state index contributed by atoms with van der Waals surface area (Å²) in [5.41, 5.74) is 4.19. The minimum absolute atomic E-state index is 0.0171. The minimum atomic E-state index is -0.889. The van der Waals surface area contributed by atoms with Crippen LogP contribution in [0.5, 0.6) is 11.5 Å². The number of nitrogens with one attached hydrogen (secondary N) is 1. The van der Waals surface area contributed by atoms with Gasteiger partial charge in [-0.25, -0.2) is 0 Å². The number of hydrogen-bond donors (Lipinski definition) is 2. The summed E-state index contributed by atoms with van der Waals surface area (Å²) in [6.07, 6.45) is 0.990. The van der Waals surface area contributed by atoms with Gasteiger partial charge in [0.2, 0.25) is 0 Å². The van der Waals surface area contributed by atoms with Crippen molar-refractivity contribution in [3.63, 3.8) is 0 Å². The molecule has 1 amide bonds. The fourth-order valence-electron chi connectivity index (χ4n) is 3.92. The number of benzene rings is 3. The van der Waals surface area contributed by atoms with Crippen LogP contribution < -0.4 is 14.8 Å². The van der Waals surface area contributed by atoms with Crippen molar-refractivity contribution in [2.24, 2.45) is 0 Å². The molecule has 4 rings (SSSR count). The van der Waals surface area contributed by atoms with Crippen molar-refractivity contribution in [3.8, 4) is 22.6 Å². The Hall–Kier alpha value is -3.52. The van der Waals surface area contributed by atoms with E-state index in [1.54, 1.807) is 6.07 Å². The molecular formula is C30H27Cl2NO5S.